The SMILES string of the molecule is CC(=O)OC(CI)CCI. The van der Waals surface area contributed by atoms with Gasteiger partial charge in [0.25, 0.3) is 0 Å². The monoisotopic (exact) mass is 368 g/mol. The topological polar surface area (TPSA) is 26.3 Å². The number of hydrogen-bond donors (Lipinski definition) is 0. The van der Waals surface area contributed by atoms with Crippen molar-refractivity contribution in [3.8, 4) is 0 Å². The summed E-state index contributed by atoms with van der Waals surface area (Å²) in [5.41, 5.74) is 0. The van der Waals surface area contributed by atoms with E-state index in [0.29, 0.717) is 0 Å². The van der Waals surface area contributed by atoms with E-state index in [9.17, 15) is 4.79 Å². The second kappa shape index (κ2) is 6.63. The maximum absolute atomic E-state index is 10.5. The summed E-state index contributed by atoms with van der Waals surface area (Å²) in [6, 6.07) is 0. The molecule has 1 atom stereocenters. The van der Waals surface area contributed by atoms with Gasteiger partial charge in [-0.3, -0.25) is 4.79 Å². The molecule has 0 aliphatic rings. The quantitative estimate of drug-likeness (QED) is 0.432. The molecule has 4 heteroatoms. The molecule has 0 saturated carbocycles. The van der Waals surface area contributed by atoms with Crippen LogP contribution in [0.5, 0.6) is 0 Å². The molecular weight excluding hydrogens is 358 g/mol. The average Bonchev–Trinajstić information content (AvgIpc) is 1.86. The number of halogens is 2. The zero-order chi connectivity index (χ0) is 7.98. The van der Waals surface area contributed by atoms with E-state index in [1.807, 2.05) is 0 Å². The minimum Gasteiger partial charge on any atom is -0.462 e. The van der Waals surface area contributed by atoms with Crippen molar-refractivity contribution in [2.24, 2.45) is 0 Å². The number of esters is 1. The summed E-state index contributed by atoms with van der Waals surface area (Å²) in [5, 5.41) is 0. The first-order valence-electron chi connectivity index (χ1n) is 2.99. The molecule has 10 heavy (non-hydrogen) atoms. The fraction of sp³-hybridized carbons (Fsp3) is 0.833. The second-order valence-corrected chi connectivity index (χ2v) is 3.82. The van der Waals surface area contributed by atoms with Crippen molar-refractivity contribution in [1.29, 1.82) is 0 Å². The molecule has 0 saturated heterocycles. The summed E-state index contributed by atoms with van der Waals surface area (Å²) >= 11 is 4.50. The Morgan fingerprint density at radius 2 is 2.20 bits per heavy atom. The molecule has 0 N–H and O–H groups in total. The Morgan fingerprint density at radius 1 is 1.60 bits per heavy atom. The minimum atomic E-state index is -0.175. The van der Waals surface area contributed by atoms with Crippen LogP contribution in [0, 0.1) is 0 Å². The van der Waals surface area contributed by atoms with Gasteiger partial charge in [-0.25, -0.2) is 0 Å². The second-order valence-electron chi connectivity index (χ2n) is 1.86. The summed E-state index contributed by atoms with van der Waals surface area (Å²) in [4.78, 5) is 10.5. The smallest absolute Gasteiger partial charge is 0.302 e. The molecule has 0 aromatic heterocycles. The van der Waals surface area contributed by atoms with E-state index in [1.54, 1.807) is 0 Å². The highest BCUT2D eigenvalue weighted by Crippen LogP contribution is 2.05. The van der Waals surface area contributed by atoms with Gasteiger partial charge in [-0.15, -0.1) is 0 Å². The lowest BCUT2D eigenvalue weighted by atomic mass is 10.3. The minimum absolute atomic E-state index is 0.120. The predicted molar refractivity (Wildman–Crippen MR) is 57.9 cm³/mol. The molecular formula is C6H10I2O2. The molecule has 0 aliphatic carbocycles. The molecule has 0 bridgehead atoms. The lowest BCUT2D eigenvalue weighted by molar-refractivity contribution is -0.145. The van der Waals surface area contributed by atoms with E-state index in [0.717, 1.165) is 15.3 Å². The lowest BCUT2D eigenvalue weighted by Crippen LogP contribution is -2.17. The van der Waals surface area contributed by atoms with Gasteiger partial charge in [-0.1, -0.05) is 45.2 Å². The van der Waals surface area contributed by atoms with Crippen LogP contribution in [0.3, 0.4) is 0 Å². The largest absolute Gasteiger partial charge is 0.462 e. The van der Waals surface area contributed by atoms with E-state index in [2.05, 4.69) is 45.2 Å². The summed E-state index contributed by atoms with van der Waals surface area (Å²) in [7, 11) is 0. The first kappa shape index (κ1) is 10.9. The van der Waals surface area contributed by atoms with Crippen molar-refractivity contribution >= 4 is 51.2 Å². The Bertz CT molecular complexity index is 106. The standard InChI is InChI=1S/C6H10I2O2/c1-5(9)10-6(4-8)2-3-7/h6H,2-4H2,1H3. The van der Waals surface area contributed by atoms with Gasteiger partial charge in [0.15, 0.2) is 0 Å². The molecule has 0 heterocycles. The van der Waals surface area contributed by atoms with E-state index in [4.69, 9.17) is 4.74 Å². The molecule has 2 nitrogen and oxygen atoms in total. The molecule has 0 fully saturated rings. The third-order valence-corrected chi connectivity index (χ3v) is 2.54. The summed E-state index contributed by atoms with van der Waals surface area (Å²) < 4.78 is 6.92. The van der Waals surface area contributed by atoms with Gasteiger partial charge >= 0.3 is 5.97 Å². The maximum Gasteiger partial charge on any atom is 0.302 e. The maximum atomic E-state index is 10.5. The highest BCUT2D eigenvalue weighted by atomic mass is 127. The first-order chi connectivity index (χ1) is 4.70. The zero-order valence-corrected chi connectivity index (χ0v) is 10.1. The molecule has 0 aromatic rings. The van der Waals surface area contributed by atoms with Gasteiger partial charge < -0.3 is 4.74 Å². The fourth-order valence-corrected chi connectivity index (χ4v) is 1.84. The number of alkyl halides is 2. The Morgan fingerprint density at radius 3 is 2.50 bits per heavy atom. The third-order valence-electron chi connectivity index (χ3n) is 0.936. The van der Waals surface area contributed by atoms with Crippen LogP contribution >= 0.6 is 45.2 Å². The summed E-state index contributed by atoms with van der Waals surface area (Å²) in [5.74, 6) is -0.175. The third kappa shape index (κ3) is 5.70. The molecule has 0 aliphatic heterocycles. The number of ether oxygens (including phenoxy) is 1. The molecule has 60 valence electrons. The average molecular weight is 368 g/mol. The molecule has 0 aromatic carbocycles. The molecule has 0 radical (unpaired) electrons. The fourth-order valence-electron chi connectivity index (χ4n) is 0.524. The van der Waals surface area contributed by atoms with Gasteiger partial charge in [0.1, 0.15) is 6.10 Å². The molecule has 0 amide bonds. The lowest BCUT2D eigenvalue weighted by Gasteiger charge is -2.11. The van der Waals surface area contributed by atoms with Crippen molar-refractivity contribution in [2.45, 2.75) is 19.4 Å². The van der Waals surface area contributed by atoms with Crippen LogP contribution in [0.4, 0.5) is 0 Å². The number of hydrogen-bond acceptors (Lipinski definition) is 2. The van der Waals surface area contributed by atoms with Crippen LogP contribution in [-0.2, 0) is 9.53 Å². The first-order valence-corrected chi connectivity index (χ1v) is 6.05. The van der Waals surface area contributed by atoms with Crippen LogP contribution in [0.15, 0.2) is 0 Å². The number of rotatable bonds is 4. The van der Waals surface area contributed by atoms with Gasteiger partial charge in [-0.05, 0) is 6.42 Å². The van der Waals surface area contributed by atoms with Crippen LogP contribution in [0.1, 0.15) is 13.3 Å². The number of carbonyl (C=O) groups excluding carboxylic acids is 1. The van der Waals surface area contributed by atoms with E-state index in [-0.39, 0.29) is 12.1 Å². The molecule has 1 unspecified atom stereocenters. The van der Waals surface area contributed by atoms with E-state index in [1.165, 1.54) is 6.92 Å². The van der Waals surface area contributed by atoms with Crippen molar-refractivity contribution in [2.75, 3.05) is 8.86 Å². The summed E-state index contributed by atoms with van der Waals surface area (Å²) in [6.07, 6.45) is 1.08. The zero-order valence-electron chi connectivity index (χ0n) is 5.77. The Hall–Kier alpha value is 0.930. The van der Waals surface area contributed by atoms with Crippen LogP contribution in [0.2, 0.25) is 0 Å². The predicted octanol–water partition coefficient (Wildman–Crippen LogP) is 2.18. The van der Waals surface area contributed by atoms with Crippen LogP contribution < -0.4 is 0 Å². The highest BCUT2D eigenvalue weighted by Gasteiger charge is 2.07. The van der Waals surface area contributed by atoms with Gasteiger partial charge in [-0.2, -0.15) is 0 Å². The van der Waals surface area contributed by atoms with Gasteiger partial charge in [0.2, 0.25) is 0 Å². The Kier molecular flexibility index (Phi) is 7.24. The van der Waals surface area contributed by atoms with Crippen LogP contribution in [0.25, 0.3) is 0 Å². The van der Waals surface area contributed by atoms with Crippen molar-refractivity contribution < 1.29 is 9.53 Å². The van der Waals surface area contributed by atoms with Crippen molar-refractivity contribution in [3.63, 3.8) is 0 Å². The molecule has 0 spiro atoms. The van der Waals surface area contributed by atoms with Gasteiger partial charge in [0.05, 0.1) is 0 Å². The van der Waals surface area contributed by atoms with E-state index >= 15 is 0 Å². The van der Waals surface area contributed by atoms with Crippen molar-refractivity contribution in [3.05, 3.63) is 0 Å². The number of carbonyl (C=O) groups is 1. The van der Waals surface area contributed by atoms with E-state index < -0.39 is 0 Å². The van der Waals surface area contributed by atoms with Crippen LogP contribution in [-0.4, -0.2) is 20.9 Å². The normalized spacial score (nSPS) is 12.7. The van der Waals surface area contributed by atoms with Gasteiger partial charge in [0, 0.05) is 15.8 Å². The molecule has 0 rings (SSSR count). The van der Waals surface area contributed by atoms with Crippen molar-refractivity contribution in [1.82, 2.24) is 0 Å². The highest BCUT2D eigenvalue weighted by molar-refractivity contribution is 14.1. The Balaban J connectivity index is 3.49. The summed E-state index contributed by atoms with van der Waals surface area (Å²) in [6.45, 7) is 1.45. The Labute approximate surface area is 88.4 Å².